The van der Waals surface area contributed by atoms with E-state index in [0.717, 1.165) is 25.2 Å². The molecule has 0 amide bonds. The summed E-state index contributed by atoms with van der Waals surface area (Å²) in [6.45, 7) is 1.00. The van der Waals surface area contributed by atoms with Gasteiger partial charge < -0.3 is 15.2 Å². The largest absolute Gasteiger partial charge is 0.390 e. The van der Waals surface area contributed by atoms with E-state index in [0.29, 0.717) is 12.5 Å². The van der Waals surface area contributed by atoms with Gasteiger partial charge in [0.15, 0.2) is 5.96 Å². The predicted molar refractivity (Wildman–Crippen MR) is 95.9 cm³/mol. The van der Waals surface area contributed by atoms with Crippen LogP contribution in [-0.2, 0) is 19.5 Å². The van der Waals surface area contributed by atoms with Gasteiger partial charge >= 0.3 is 6.18 Å². The third-order valence-electron chi connectivity index (χ3n) is 3.85. The molecule has 1 aromatic carbocycles. The Bertz CT molecular complexity index is 680. The zero-order valence-electron chi connectivity index (χ0n) is 14.8. The molecule has 0 saturated heterocycles. The molecule has 0 spiro atoms. The van der Waals surface area contributed by atoms with E-state index in [9.17, 15) is 13.2 Å². The fourth-order valence-corrected chi connectivity index (χ4v) is 2.52. The molecule has 0 radical (unpaired) electrons. The van der Waals surface area contributed by atoms with E-state index in [2.05, 4.69) is 32.7 Å². The van der Waals surface area contributed by atoms with Crippen molar-refractivity contribution in [2.24, 2.45) is 4.99 Å². The first-order valence-electron chi connectivity index (χ1n) is 8.53. The Labute approximate surface area is 151 Å². The number of alkyl halides is 3. The molecular weight excluding hydrogens is 343 g/mol. The number of imidazole rings is 1. The van der Waals surface area contributed by atoms with Crippen molar-refractivity contribution >= 4 is 5.96 Å². The fourth-order valence-electron chi connectivity index (χ4n) is 2.52. The molecule has 0 saturated carbocycles. The maximum atomic E-state index is 12.2. The van der Waals surface area contributed by atoms with E-state index in [4.69, 9.17) is 0 Å². The third-order valence-corrected chi connectivity index (χ3v) is 3.85. The molecule has 5 nitrogen and oxygen atoms in total. The summed E-state index contributed by atoms with van der Waals surface area (Å²) in [5.74, 6) is 1.14. The first kappa shape index (κ1) is 19.8. The maximum Gasteiger partial charge on any atom is 0.390 e. The van der Waals surface area contributed by atoms with E-state index in [-0.39, 0.29) is 6.54 Å². The Morgan fingerprint density at radius 1 is 1.19 bits per heavy atom. The molecule has 142 valence electrons. The van der Waals surface area contributed by atoms with Crippen molar-refractivity contribution in [2.45, 2.75) is 38.5 Å². The van der Waals surface area contributed by atoms with Crippen LogP contribution in [0, 0.1) is 0 Å². The zero-order chi connectivity index (χ0) is 18.8. The summed E-state index contributed by atoms with van der Waals surface area (Å²) >= 11 is 0. The minimum atomic E-state index is -4.18. The lowest BCUT2D eigenvalue weighted by Gasteiger charge is -2.13. The van der Waals surface area contributed by atoms with Gasteiger partial charge in [-0.1, -0.05) is 30.3 Å². The quantitative estimate of drug-likeness (QED) is 0.557. The number of hydrogen-bond donors (Lipinski definition) is 2. The second kappa shape index (κ2) is 9.84. The molecular formula is C18H24F3N5. The average Bonchev–Trinajstić information content (AvgIpc) is 3.05. The van der Waals surface area contributed by atoms with Gasteiger partial charge in [-0.3, -0.25) is 4.99 Å². The standard InChI is InChI=1S/C18H24F3N5/c1-22-17(24-10-9-18(19,20)21)25-14-16-23-11-13-26(16)12-5-8-15-6-3-2-4-7-15/h2-4,6-7,11,13H,5,8-10,12,14H2,1H3,(H2,22,24,25). The number of benzene rings is 1. The summed E-state index contributed by atoms with van der Waals surface area (Å²) in [6, 6.07) is 10.3. The molecule has 1 heterocycles. The minimum absolute atomic E-state index is 0.214. The predicted octanol–water partition coefficient (Wildman–Crippen LogP) is 3.13. The second-order valence-electron chi connectivity index (χ2n) is 5.84. The van der Waals surface area contributed by atoms with Crippen molar-refractivity contribution in [2.75, 3.05) is 13.6 Å². The van der Waals surface area contributed by atoms with Crippen LogP contribution in [0.4, 0.5) is 13.2 Å². The Kier molecular flexibility index (Phi) is 7.50. The Morgan fingerprint density at radius 3 is 2.65 bits per heavy atom. The number of halogens is 3. The molecule has 2 N–H and O–H groups in total. The van der Waals surface area contributed by atoms with Gasteiger partial charge in [-0.15, -0.1) is 0 Å². The Hall–Kier alpha value is -2.51. The number of aliphatic imine (C=N–C) groups is 1. The van der Waals surface area contributed by atoms with Gasteiger partial charge in [0, 0.05) is 32.5 Å². The minimum Gasteiger partial charge on any atom is -0.356 e. The van der Waals surface area contributed by atoms with E-state index in [1.165, 1.54) is 12.6 Å². The second-order valence-corrected chi connectivity index (χ2v) is 5.84. The Balaban J connectivity index is 1.76. The smallest absolute Gasteiger partial charge is 0.356 e. The average molecular weight is 367 g/mol. The molecule has 0 aliphatic rings. The topological polar surface area (TPSA) is 54.2 Å². The van der Waals surface area contributed by atoms with Crippen molar-refractivity contribution in [3.63, 3.8) is 0 Å². The van der Waals surface area contributed by atoms with Crippen LogP contribution in [-0.4, -0.2) is 35.3 Å². The number of aromatic nitrogens is 2. The molecule has 2 aromatic rings. The number of nitrogens with zero attached hydrogens (tertiary/aromatic N) is 3. The van der Waals surface area contributed by atoms with Crippen LogP contribution in [0.25, 0.3) is 0 Å². The first-order chi connectivity index (χ1) is 12.5. The highest BCUT2D eigenvalue weighted by molar-refractivity contribution is 5.79. The summed E-state index contributed by atoms with van der Waals surface area (Å²) in [5.41, 5.74) is 1.29. The SMILES string of the molecule is CN=C(NCCC(F)(F)F)NCc1nccn1CCCc1ccccc1. The lowest BCUT2D eigenvalue weighted by Crippen LogP contribution is -2.39. The van der Waals surface area contributed by atoms with E-state index in [1.54, 1.807) is 6.20 Å². The van der Waals surface area contributed by atoms with Crippen LogP contribution >= 0.6 is 0 Å². The fraction of sp³-hybridized carbons (Fsp3) is 0.444. The summed E-state index contributed by atoms with van der Waals surface area (Å²) in [6.07, 6.45) is 0.502. The number of guanidine groups is 1. The van der Waals surface area contributed by atoms with Crippen molar-refractivity contribution in [1.82, 2.24) is 20.2 Å². The number of hydrogen-bond acceptors (Lipinski definition) is 2. The molecule has 0 fully saturated rings. The monoisotopic (exact) mass is 367 g/mol. The summed E-state index contributed by atoms with van der Waals surface area (Å²) in [5, 5.41) is 5.65. The van der Waals surface area contributed by atoms with Crippen LogP contribution < -0.4 is 10.6 Å². The zero-order valence-corrected chi connectivity index (χ0v) is 14.8. The van der Waals surface area contributed by atoms with Gasteiger partial charge in [-0.25, -0.2) is 4.98 Å². The molecule has 26 heavy (non-hydrogen) atoms. The molecule has 0 aliphatic heterocycles. The van der Waals surface area contributed by atoms with Crippen LogP contribution in [0.5, 0.6) is 0 Å². The van der Waals surface area contributed by atoms with Crippen molar-refractivity contribution in [1.29, 1.82) is 0 Å². The maximum absolute atomic E-state index is 12.2. The first-order valence-corrected chi connectivity index (χ1v) is 8.53. The van der Waals surface area contributed by atoms with Crippen LogP contribution in [0.2, 0.25) is 0 Å². The number of rotatable bonds is 8. The highest BCUT2D eigenvalue weighted by atomic mass is 19.4. The molecule has 0 bridgehead atoms. The molecule has 0 atom stereocenters. The third kappa shape index (κ3) is 7.16. The van der Waals surface area contributed by atoms with Crippen molar-refractivity contribution in [3.05, 3.63) is 54.1 Å². The summed E-state index contributed by atoms with van der Waals surface area (Å²) in [7, 11) is 1.52. The highest BCUT2D eigenvalue weighted by Crippen LogP contribution is 2.18. The van der Waals surface area contributed by atoms with Crippen molar-refractivity contribution in [3.8, 4) is 0 Å². The van der Waals surface area contributed by atoms with Crippen molar-refractivity contribution < 1.29 is 13.2 Å². The summed E-state index contributed by atoms with van der Waals surface area (Å²) in [4.78, 5) is 8.23. The Morgan fingerprint density at radius 2 is 1.96 bits per heavy atom. The van der Waals surface area contributed by atoms with E-state index in [1.807, 2.05) is 29.0 Å². The van der Waals surface area contributed by atoms with E-state index < -0.39 is 12.6 Å². The molecule has 1 aromatic heterocycles. The normalized spacial score (nSPS) is 12.2. The van der Waals surface area contributed by atoms with Gasteiger partial charge in [-0.2, -0.15) is 13.2 Å². The lowest BCUT2D eigenvalue weighted by molar-refractivity contribution is -0.132. The van der Waals surface area contributed by atoms with Crippen LogP contribution in [0.15, 0.2) is 47.7 Å². The molecule has 8 heteroatoms. The number of aryl methyl sites for hydroxylation is 2. The van der Waals surface area contributed by atoms with Gasteiger partial charge in [-0.05, 0) is 18.4 Å². The van der Waals surface area contributed by atoms with E-state index >= 15 is 0 Å². The van der Waals surface area contributed by atoms with Gasteiger partial charge in [0.2, 0.25) is 0 Å². The molecule has 0 unspecified atom stereocenters. The van der Waals surface area contributed by atoms with Gasteiger partial charge in [0.1, 0.15) is 5.82 Å². The van der Waals surface area contributed by atoms with Crippen LogP contribution in [0.1, 0.15) is 24.2 Å². The highest BCUT2D eigenvalue weighted by Gasteiger charge is 2.26. The van der Waals surface area contributed by atoms with Crippen LogP contribution in [0.3, 0.4) is 0 Å². The molecule has 2 rings (SSSR count). The van der Waals surface area contributed by atoms with Gasteiger partial charge in [0.05, 0.1) is 13.0 Å². The summed E-state index contributed by atoms with van der Waals surface area (Å²) < 4.78 is 38.6. The van der Waals surface area contributed by atoms with Gasteiger partial charge in [0.25, 0.3) is 0 Å². The number of nitrogens with one attached hydrogen (secondary N) is 2. The molecule has 0 aliphatic carbocycles. The lowest BCUT2D eigenvalue weighted by atomic mass is 10.1.